The van der Waals surface area contributed by atoms with Crippen LogP contribution >= 0.6 is 0 Å². The molecule has 0 bridgehead atoms. The number of hydrogen-bond donors (Lipinski definition) is 1. The van der Waals surface area contributed by atoms with Crippen LogP contribution in [0.3, 0.4) is 0 Å². The van der Waals surface area contributed by atoms with Crippen LogP contribution in [0.2, 0.25) is 0 Å². The van der Waals surface area contributed by atoms with Gasteiger partial charge in [0.15, 0.2) is 0 Å². The van der Waals surface area contributed by atoms with E-state index in [0.29, 0.717) is 11.5 Å². The molecule has 144 valence electrons. The molecule has 2 heterocycles. The van der Waals surface area contributed by atoms with Gasteiger partial charge in [0.2, 0.25) is 0 Å². The maximum Gasteiger partial charge on any atom is 0.270 e. The van der Waals surface area contributed by atoms with Crippen LogP contribution in [0.4, 0.5) is 5.82 Å². The summed E-state index contributed by atoms with van der Waals surface area (Å²) in [5.74, 6) is 1.11. The summed E-state index contributed by atoms with van der Waals surface area (Å²) < 4.78 is 0. The first-order chi connectivity index (χ1) is 13.5. The number of amides is 1. The first kappa shape index (κ1) is 19.5. The molecule has 1 aromatic carbocycles. The molecular weight excluding hydrogens is 350 g/mol. The van der Waals surface area contributed by atoms with Gasteiger partial charge in [0.1, 0.15) is 17.3 Å². The minimum atomic E-state index is -0.203. The van der Waals surface area contributed by atoms with Gasteiger partial charge in [-0.3, -0.25) is 9.78 Å². The van der Waals surface area contributed by atoms with Gasteiger partial charge in [-0.15, -0.1) is 0 Å². The Balaban J connectivity index is 1.69. The van der Waals surface area contributed by atoms with E-state index in [1.165, 1.54) is 5.56 Å². The number of nitrogens with one attached hydrogen (secondary N) is 1. The molecule has 1 atom stereocenters. The molecule has 2 aromatic heterocycles. The minimum absolute atomic E-state index is 0.100. The monoisotopic (exact) mass is 375 g/mol. The highest BCUT2D eigenvalue weighted by Gasteiger charge is 2.15. The topological polar surface area (TPSA) is 71.0 Å². The lowest BCUT2D eigenvalue weighted by atomic mass is 10.1. The molecule has 0 saturated carbocycles. The minimum Gasteiger partial charge on any atom is -0.359 e. The van der Waals surface area contributed by atoms with Crippen LogP contribution in [0.25, 0.3) is 0 Å². The smallest absolute Gasteiger partial charge is 0.270 e. The van der Waals surface area contributed by atoms with Crippen LogP contribution < -0.4 is 10.2 Å². The van der Waals surface area contributed by atoms with E-state index in [-0.39, 0.29) is 11.9 Å². The van der Waals surface area contributed by atoms with E-state index in [0.717, 1.165) is 24.3 Å². The average Bonchev–Trinajstić information content (AvgIpc) is 2.72. The van der Waals surface area contributed by atoms with Gasteiger partial charge in [-0.2, -0.15) is 0 Å². The van der Waals surface area contributed by atoms with Crippen molar-refractivity contribution >= 4 is 11.7 Å². The van der Waals surface area contributed by atoms with Crippen molar-refractivity contribution in [3.8, 4) is 0 Å². The maximum atomic E-state index is 12.7. The van der Waals surface area contributed by atoms with E-state index in [1.54, 1.807) is 25.4 Å². The highest BCUT2D eigenvalue weighted by atomic mass is 16.1. The van der Waals surface area contributed by atoms with E-state index in [1.807, 2.05) is 61.3 Å². The lowest BCUT2D eigenvalue weighted by molar-refractivity contribution is 0.0934. The summed E-state index contributed by atoms with van der Waals surface area (Å²) in [6.45, 7) is 4.54. The highest BCUT2D eigenvalue weighted by Crippen LogP contribution is 2.15. The first-order valence-electron chi connectivity index (χ1n) is 9.34. The zero-order valence-corrected chi connectivity index (χ0v) is 16.5. The second kappa shape index (κ2) is 9.08. The number of aryl methyl sites for hydroxylation is 1. The Hall–Kier alpha value is -3.28. The standard InChI is InChI=1S/C22H25N5O/c1-16(19-7-5-4-6-8-19)24-22(28)20-15-21(26-17(2)25-20)27(3)14-11-18-9-12-23-13-10-18/h4-10,12-13,15-16H,11,14H2,1-3H3,(H,24,28). The molecule has 0 fully saturated rings. The van der Waals surface area contributed by atoms with Crippen molar-refractivity contribution in [2.45, 2.75) is 26.3 Å². The van der Waals surface area contributed by atoms with Gasteiger partial charge in [-0.1, -0.05) is 30.3 Å². The van der Waals surface area contributed by atoms with E-state index < -0.39 is 0 Å². The Kier molecular flexibility index (Phi) is 6.32. The lowest BCUT2D eigenvalue weighted by Gasteiger charge is -2.20. The van der Waals surface area contributed by atoms with Gasteiger partial charge in [-0.25, -0.2) is 9.97 Å². The van der Waals surface area contributed by atoms with Crippen molar-refractivity contribution in [2.24, 2.45) is 0 Å². The van der Waals surface area contributed by atoms with Gasteiger partial charge in [0.05, 0.1) is 6.04 Å². The zero-order valence-electron chi connectivity index (χ0n) is 16.5. The van der Waals surface area contributed by atoms with Crippen molar-refractivity contribution in [1.82, 2.24) is 20.3 Å². The van der Waals surface area contributed by atoms with Gasteiger partial charge >= 0.3 is 0 Å². The largest absolute Gasteiger partial charge is 0.359 e. The van der Waals surface area contributed by atoms with E-state index in [2.05, 4.69) is 20.3 Å². The van der Waals surface area contributed by atoms with Crippen molar-refractivity contribution in [2.75, 3.05) is 18.5 Å². The average molecular weight is 375 g/mol. The number of rotatable bonds is 7. The predicted octanol–water partition coefficient (Wildman–Crippen LogP) is 3.35. The molecule has 0 aliphatic carbocycles. The molecule has 1 unspecified atom stereocenters. The number of nitrogens with zero attached hydrogens (tertiary/aromatic N) is 4. The number of carbonyl (C=O) groups excluding carboxylic acids is 1. The predicted molar refractivity (Wildman–Crippen MR) is 110 cm³/mol. The molecule has 0 spiro atoms. The van der Waals surface area contributed by atoms with Gasteiger partial charge in [0, 0.05) is 32.1 Å². The van der Waals surface area contributed by atoms with Crippen molar-refractivity contribution in [1.29, 1.82) is 0 Å². The molecule has 1 amide bonds. The fourth-order valence-corrected chi connectivity index (χ4v) is 2.92. The Morgan fingerprint density at radius 2 is 1.82 bits per heavy atom. The maximum absolute atomic E-state index is 12.7. The van der Waals surface area contributed by atoms with Crippen molar-refractivity contribution < 1.29 is 4.79 Å². The molecule has 28 heavy (non-hydrogen) atoms. The number of anilines is 1. The van der Waals surface area contributed by atoms with Crippen LogP contribution in [0.5, 0.6) is 0 Å². The number of aromatic nitrogens is 3. The molecule has 0 radical (unpaired) electrons. The summed E-state index contributed by atoms with van der Waals surface area (Å²) in [7, 11) is 1.97. The fourth-order valence-electron chi connectivity index (χ4n) is 2.92. The molecule has 0 aliphatic rings. The Morgan fingerprint density at radius 3 is 2.54 bits per heavy atom. The third-order valence-electron chi connectivity index (χ3n) is 4.58. The van der Waals surface area contributed by atoms with E-state index in [9.17, 15) is 4.79 Å². The number of carbonyl (C=O) groups is 1. The third-order valence-corrected chi connectivity index (χ3v) is 4.58. The quantitative estimate of drug-likeness (QED) is 0.686. The zero-order chi connectivity index (χ0) is 19.9. The van der Waals surface area contributed by atoms with Gasteiger partial charge in [0.25, 0.3) is 5.91 Å². The van der Waals surface area contributed by atoms with E-state index in [4.69, 9.17) is 0 Å². The third kappa shape index (κ3) is 5.13. The fraction of sp³-hybridized carbons (Fsp3) is 0.273. The molecule has 6 heteroatoms. The molecule has 0 aliphatic heterocycles. The second-order valence-corrected chi connectivity index (χ2v) is 6.79. The lowest BCUT2D eigenvalue weighted by Crippen LogP contribution is -2.29. The number of likely N-dealkylation sites (N-methyl/N-ethyl adjacent to an activating group) is 1. The van der Waals surface area contributed by atoms with Crippen LogP contribution in [0.1, 0.15) is 40.4 Å². The highest BCUT2D eigenvalue weighted by molar-refractivity contribution is 5.93. The van der Waals surface area contributed by atoms with Crippen LogP contribution in [-0.2, 0) is 6.42 Å². The second-order valence-electron chi connectivity index (χ2n) is 6.79. The van der Waals surface area contributed by atoms with Gasteiger partial charge < -0.3 is 10.2 Å². The summed E-state index contributed by atoms with van der Waals surface area (Å²) in [5.41, 5.74) is 2.64. The van der Waals surface area contributed by atoms with Gasteiger partial charge in [-0.05, 0) is 43.5 Å². The van der Waals surface area contributed by atoms with Crippen LogP contribution in [0, 0.1) is 6.92 Å². The van der Waals surface area contributed by atoms with Crippen LogP contribution in [-0.4, -0.2) is 34.5 Å². The molecule has 3 rings (SSSR count). The summed E-state index contributed by atoms with van der Waals surface area (Å²) in [6, 6.07) is 15.5. The Morgan fingerprint density at radius 1 is 1.11 bits per heavy atom. The summed E-state index contributed by atoms with van der Waals surface area (Å²) in [6.07, 6.45) is 4.45. The summed E-state index contributed by atoms with van der Waals surface area (Å²) >= 11 is 0. The van der Waals surface area contributed by atoms with E-state index >= 15 is 0 Å². The number of benzene rings is 1. The first-order valence-corrected chi connectivity index (χ1v) is 9.34. The molecular formula is C22H25N5O. The van der Waals surface area contributed by atoms with Crippen LogP contribution in [0.15, 0.2) is 60.9 Å². The van der Waals surface area contributed by atoms with Crippen molar-refractivity contribution in [3.05, 3.63) is 83.6 Å². The SMILES string of the molecule is Cc1nc(C(=O)NC(C)c2ccccc2)cc(N(C)CCc2ccncc2)n1. The summed E-state index contributed by atoms with van der Waals surface area (Å²) in [5, 5.41) is 3.01. The molecule has 3 aromatic rings. The molecule has 6 nitrogen and oxygen atoms in total. The summed E-state index contributed by atoms with van der Waals surface area (Å²) in [4.78, 5) is 27.6. The number of pyridine rings is 1. The normalized spacial score (nSPS) is 11.7. The Bertz CT molecular complexity index is 915. The molecule has 1 N–H and O–H groups in total. The Labute approximate surface area is 165 Å². The number of hydrogen-bond acceptors (Lipinski definition) is 5. The molecule has 0 saturated heterocycles. The van der Waals surface area contributed by atoms with Crippen molar-refractivity contribution in [3.63, 3.8) is 0 Å².